The van der Waals surface area contributed by atoms with Crippen molar-refractivity contribution in [3.63, 3.8) is 0 Å². The molecule has 0 radical (unpaired) electrons. The van der Waals surface area contributed by atoms with Gasteiger partial charge in [-0.3, -0.25) is 9.88 Å². The van der Waals surface area contributed by atoms with Gasteiger partial charge in [-0.05, 0) is 39.4 Å². The van der Waals surface area contributed by atoms with E-state index in [0.717, 1.165) is 51.2 Å². The summed E-state index contributed by atoms with van der Waals surface area (Å²) in [7, 11) is 0. The maximum Gasteiger partial charge on any atom is 0.229 e. The van der Waals surface area contributed by atoms with Gasteiger partial charge < -0.3 is 14.8 Å². The predicted molar refractivity (Wildman–Crippen MR) is 139 cm³/mol. The van der Waals surface area contributed by atoms with Crippen LogP contribution in [0.15, 0.2) is 30.7 Å². The second-order valence-electron chi connectivity index (χ2n) is 9.57. The molecule has 37 heavy (non-hydrogen) atoms. The first-order valence-corrected chi connectivity index (χ1v) is 12.6. The molecule has 9 nitrogen and oxygen atoms in total. The van der Waals surface area contributed by atoms with Gasteiger partial charge in [0.25, 0.3) is 0 Å². The molecule has 1 fully saturated rings. The zero-order valence-corrected chi connectivity index (χ0v) is 21.5. The maximum absolute atomic E-state index is 14.9. The SMILES string of the molecule is CCN1CCN(Cc2cnc(Nc3ncc(F)c(-c4cc(F)c5nc(C)n(C(C)C)c5c4)n3)cn2)CC1. The lowest BCUT2D eigenvalue weighted by atomic mass is 10.1. The highest BCUT2D eigenvalue weighted by molar-refractivity contribution is 5.83. The second-order valence-corrected chi connectivity index (χ2v) is 9.57. The minimum atomic E-state index is -0.652. The van der Waals surface area contributed by atoms with Crippen LogP contribution >= 0.6 is 0 Å². The summed E-state index contributed by atoms with van der Waals surface area (Å²) in [6, 6.07) is 3.03. The molecular formula is C26H31F2N9. The van der Waals surface area contributed by atoms with Crippen LogP contribution in [0.4, 0.5) is 20.5 Å². The number of fused-ring (bicyclic) bond motifs is 1. The molecule has 194 valence electrons. The summed E-state index contributed by atoms with van der Waals surface area (Å²) in [4.78, 5) is 26.4. The first kappa shape index (κ1) is 25.1. The van der Waals surface area contributed by atoms with E-state index in [-0.39, 0.29) is 23.2 Å². The first-order chi connectivity index (χ1) is 17.8. The number of rotatable bonds is 7. The van der Waals surface area contributed by atoms with E-state index in [1.54, 1.807) is 18.5 Å². The van der Waals surface area contributed by atoms with E-state index in [9.17, 15) is 8.78 Å². The zero-order chi connectivity index (χ0) is 26.1. The van der Waals surface area contributed by atoms with E-state index in [2.05, 4.69) is 47.0 Å². The normalized spacial score (nSPS) is 15.1. The van der Waals surface area contributed by atoms with Crippen molar-refractivity contribution in [1.82, 2.24) is 39.3 Å². The third-order valence-corrected chi connectivity index (χ3v) is 6.70. The summed E-state index contributed by atoms with van der Waals surface area (Å²) in [5.74, 6) is 0.0913. The van der Waals surface area contributed by atoms with E-state index >= 15 is 0 Å². The quantitative estimate of drug-likeness (QED) is 0.396. The summed E-state index contributed by atoms with van der Waals surface area (Å²) in [5, 5.41) is 2.98. The highest BCUT2D eigenvalue weighted by Crippen LogP contribution is 2.30. The molecule has 0 amide bonds. The van der Waals surface area contributed by atoms with Crippen LogP contribution in [0.5, 0.6) is 0 Å². The summed E-state index contributed by atoms with van der Waals surface area (Å²) in [6.45, 7) is 13.9. The molecule has 3 aromatic heterocycles. The number of imidazole rings is 1. The fraction of sp³-hybridized carbons (Fsp3) is 0.423. The number of aryl methyl sites for hydroxylation is 1. The van der Waals surface area contributed by atoms with E-state index in [1.807, 2.05) is 25.3 Å². The molecular weight excluding hydrogens is 476 g/mol. The lowest BCUT2D eigenvalue weighted by Gasteiger charge is -2.33. The number of anilines is 2. The minimum absolute atomic E-state index is 0.0109. The van der Waals surface area contributed by atoms with Crippen molar-refractivity contribution in [1.29, 1.82) is 0 Å². The van der Waals surface area contributed by atoms with Gasteiger partial charge in [0.2, 0.25) is 5.95 Å². The molecule has 1 N–H and O–H groups in total. The van der Waals surface area contributed by atoms with Crippen molar-refractivity contribution in [2.75, 3.05) is 38.0 Å². The van der Waals surface area contributed by atoms with Gasteiger partial charge in [-0.25, -0.2) is 28.7 Å². The monoisotopic (exact) mass is 507 g/mol. The van der Waals surface area contributed by atoms with Gasteiger partial charge in [0.05, 0.1) is 29.8 Å². The lowest BCUT2D eigenvalue weighted by Crippen LogP contribution is -2.45. The molecule has 1 aliphatic heterocycles. The molecule has 5 rings (SSSR count). The molecule has 1 saturated heterocycles. The Bertz CT molecular complexity index is 1390. The Kier molecular flexibility index (Phi) is 7.07. The molecule has 0 saturated carbocycles. The Morgan fingerprint density at radius 2 is 1.68 bits per heavy atom. The fourth-order valence-corrected chi connectivity index (χ4v) is 4.80. The number of aromatic nitrogens is 6. The number of benzene rings is 1. The number of likely N-dealkylation sites (N-methyl/N-ethyl adjacent to an activating group) is 1. The predicted octanol–water partition coefficient (Wildman–Crippen LogP) is 4.33. The molecule has 0 unspecified atom stereocenters. The van der Waals surface area contributed by atoms with E-state index < -0.39 is 11.6 Å². The topological polar surface area (TPSA) is 87.9 Å². The Morgan fingerprint density at radius 1 is 0.919 bits per heavy atom. The molecule has 4 aromatic rings. The molecule has 4 heterocycles. The van der Waals surface area contributed by atoms with Gasteiger partial charge in [-0.2, -0.15) is 0 Å². The molecule has 0 aliphatic carbocycles. The van der Waals surface area contributed by atoms with Crippen LogP contribution < -0.4 is 5.32 Å². The lowest BCUT2D eigenvalue weighted by molar-refractivity contribution is 0.130. The van der Waals surface area contributed by atoms with Crippen LogP contribution in [0.2, 0.25) is 0 Å². The number of nitrogens with zero attached hydrogens (tertiary/aromatic N) is 8. The van der Waals surface area contributed by atoms with Crippen LogP contribution in [-0.2, 0) is 6.54 Å². The molecule has 11 heteroatoms. The largest absolute Gasteiger partial charge is 0.326 e. The van der Waals surface area contributed by atoms with Gasteiger partial charge >= 0.3 is 0 Å². The molecule has 1 aromatic carbocycles. The third-order valence-electron chi connectivity index (χ3n) is 6.70. The van der Waals surface area contributed by atoms with E-state index in [1.165, 1.54) is 6.07 Å². The van der Waals surface area contributed by atoms with Crippen molar-refractivity contribution >= 4 is 22.8 Å². The molecule has 0 atom stereocenters. The zero-order valence-electron chi connectivity index (χ0n) is 21.5. The number of hydrogen-bond acceptors (Lipinski definition) is 8. The van der Waals surface area contributed by atoms with Crippen LogP contribution in [0.25, 0.3) is 22.3 Å². The summed E-state index contributed by atoms with van der Waals surface area (Å²) >= 11 is 0. The highest BCUT2D eigenvalue weighted by Gasteiger charge is 2.19. The van der Waals surface area contributed by atoms with Crippen molar-refractivity contribution in [2.45, 2.75) is 40.3 Å². The summed E-state index contributed by atoms with van der Waals surface area (Å²) < 4.78 is 31.6. The summed E-state index contributed by atoms with van der Waals surface area (Å²) in [6.07, 6.45) is 4.40. The minimum Gasteiger partial charge on any atom is -0.326 e. The van der Waals surface area contributed by atoms with Gasteiger partial charge in [-0.15, -0.1) is 0 Å². The van der Waals surface area contributed by atoms with Crippen LogP contribution in [0.1, 0.15) is 38.3 Å². The maximum atomic E-state index is 14.9. The van der Waals surface area contributed by atoms with Crippen molar-refractivity contribution in [3.8, 4) is 11.3 Å². The number of nitrogens with one attached hydrogen (secondary N) is 1. The Hall–Kier alpha value is -3.57. The number of halogens is 2. The average molecular weight is 508 g/mol. The average Bonchev–Trinajstić information content (AvgIpc) is 3.23. The second kappa shape index (κ2) is 10.4. The molecule has 0 spiro atoms. The Morgan fingerprint density at radius 3 is 2.35 bits per heavy atom. The van der Waals surface area contributed by atoms with E-state index in [4.69, 9.17) is 0 Å². The van der Waals surface area contributed by atoms with Crippen LogP contribution in [0.3, 0.4) is 0 Å². The van der Waals surface area contributed by atoms with Crippen molar-refractivity contribution in [3.05, 3.63) is 53.9 Å². The van der Waals surface area contributed by atoms with Crippen LogP contribution in [-0.4, -0.2) is 72.0 Å². The highest BCUT2D eigenvalue weighted by atomic mass is 19.1. The van der Waals surface area contributed by atoms with Crippen molar-refractivity contribution in [2.24, 2.45) is 0 Å². The van der Waals surface area contributed by atoms with Gasteiger partial charge in [0.15, 0.2) is 17.5 Å². The van der Waals surface area contributed by atoms with Gasteiger partial charge in [-0.1, -0.05) is 6.92 Å². The Labute approximate surface area is 214 Å². The van der Waals surface area contributed by atoms with Gasteiger partial charge in [0, 0.05) is 44.3 Å². The standard InChI is InChI=1S/C26H31F2N9/c1-5-35-6-8-36(9-7-35)15-19-12-30-23(14-29-19)33-26-31-13-21(28)24(34-26)18-10-20(27)25-22(11-18)37(16(2)3)17(4)32-25/h10-14,16H,5-9,15H2,1-4H3,(H,30,31,33,34). The van der Waals surface area contributed by atoms with E-state index in [0.29, 0.717) is 22.7 Å². The Balaban J connectivity index is 1.35. The molecule has 0 bridgehead atoms. The van der Waals surface area contributed by atoms with Crippen LogP contribution in [0, 0.1) is 18.6 Å². The smallest absolute Gasteiger partial charge is 0.229 e. The number of piperazine rings is 1. The fourth-order valence-electron chi connectivity index (χ4n) is 4.80. The third kappa shape index (κ3) is 5.28. The molecule has 1 aliphatic rings. The number of hydrogen-bond donors (Lipinski definition) is 1. The van der Waals surface area contributed by atoms with Crippen molar-refractivity contribution < 1.29 is 8.78 Å². The van der Waals surface area contributed by atoms with Gasteiger partial charge in [0.1, 0.15) is 17.0 Å². The summed E-state index contributed by atoms with van der Waals surface area (Å²) in [5.41, 5.74) is 2.01. The first-order valence-electron chi connectivity index (χ1n) is 12.6.